The van der Waals surface area contributed by atoms with Crippen LogP contribution in [-0.4, -0.2) is 96.7 Å². The number of unbranched alkanes of at least 4 members (excludes halogenated alkanes) is 21. The monoisotopic (exact) mass is 975 g/mol. The average molecular weight is 975 g/mol. The molecule has 3 N–H and O–H groups in total. The molecular weight excluding hydrogens is 886 g/mol. The number of rotatable bonds is 47. The number of phosphoric acid groups is 2. The number of phosphoric ester groups is 2. The fourth-order valence-corrected chi connectivity index (χ4v) is 8.03. The van der Waals surface area contributed by atoms with E-state index in [0.29, 0.717) is 25.7 Å². The highest BCUT2D eigenvalue weighted by atomic mass is 31.2. The van der Waals surface area contributed by atoms with Gasteiger partial charge in [-0.15, -0.1) is 0 Å². The van der Waals surface area contributed by atoms with Crippen molar-refractivity contribution in [2.75, 3.05) is 39.6 Å². The second-order valence-electron chi connectivity index (χ2n) is 16.8. The van der Waals surface area contributed by atoms with Crippen LogP contribution in [0.25, 0.3) is 0 Å². The van der Waals surface area contributed by atoms with Crippen molar-refractivity contribution >= 4 is 39.5 Å². The molecule has 0 aliphatic carbocycles. The Kier molecular flexibility index (Phi) is 40.9. The van der Waals surface area contributed by atoms with Crippen molar-refractivity contribution in [2.24, 2.45) is 0 Å². The van der Waals surface area contributed by atoms with E-state index in [-0.39, 0.29) is 25.7 Å². The number of hydrogen-bond acceptors (Lipinski definition) is 15. The first-order chi connectivity index (χ1) is 31.2. The molecule has 0 rings (SSSR count). The van der Waals surface area contributed by atoms with Crippen LogP contribution < -0.4 is 0 Å². The molecule has 0 aliphatic rings. The third-order valence-corrected chi connectivity index (χ3v) is 12.3. The van der Waals surface area contributed by atoms with E-state index in [4.69, 9.17) is 37.0 Å². The van der Waals surface area contributed by atoms with Crippen molar-refractivity contribution < 1.29 is 80.2 Å². The smallest absolute Gasteiger partial charge is 0.462 e. The lowest BCUT2D eigenvalue weighted by atomic mass is 10.0. The van der Waals surface area contributed by atoms with Crippen LogP contribution in [-0.2, 0) is 65.4 Å². The molecule has 0 saturated carbocycles. The highest BCUT2D eigenvalue weighted by molar-refractivity contribution is 7.47. The predicted molar refractivity (Wildman–Crippen MR) is 248 cm³/mol. The first-order valence-corrected chi connectivity index (χ1v) is 27.8. The van der Waals surface area contributed by atoms with Crippen LogP contribution >= 0.6 is 15.6 Å². The Hall–Kier alpha value is -1.94. The fraction of sp³-hybridized carbons (Fsp3) is 0.913. The Labute approximate surface area is 390 Å². The quantitative estimate of drug-likeness (QED) is 0.0222. The van der Waals surface area contributed by atoms with Gasteiger partial charge in [-0.3, -0.25) is 37.3 Å². The molecule has 0 amide bonds. The molecule has 0 aromatic heterocycles. The van der Waals surface area contributed by atoms with Gasteiger partial charge < -0.3 is 33.8 Å². The molecule has 0 aliphatic heterocycles. The maximum absolute atomic E-state index is 12.7. The molecule has 0 spiro atoms. The predicted octanol–water partition coefficient (Wildman–Crippen LogP) is 10.9. The number of carbonyl (C=O) groups excluding carboxylic acids is 4. The third kappa shape index (κ3) is 41.9. The van der Waals surface area contributed by atoms with Gasteiger partial charge in [0.1, 0.15) is 19.3 Å². The zero-order valence-corrected chi connectivity index (χ0v) is 42.2. The lowest BCUT2D eigenvalue weighted by Crippen LogP contribution is -2.30. The molecule has 0 aromatic carbocycles. The minimum absolute atomic E-state index is 0.0886. The largest absolute Gasteiger partial charge is 0.472 e. The maximum atomic E-state index is 12.7. The van der Waals surface area contributed by atoms with Gasteiger partial charge in [0.05, 0.1) is 26.4 Å². The van der Waals surface area contributed by atoms with Crippen molar-refractivity contribution in [3.05, 3.63) is 0 Å². The Balaban J connectivity index is 5.02. The number of esters is 4. The summed E-state index contributed by atoms with van der Waals surface area (Å²) in [7, 11) is -9.81. The van der Waals surface area contributed by atoms with E-state index >= 15 is 0 Å². The van der Waals surface area contributed by atoms with Crippen LogP contribution in [0.4, 0.5) is 0 Å². The van der Waals surface area contributed by atoms with Gasteiger partial charge in [-0.2, -0.15) is 0 Å². The number of aliphatic hydroxyl groups excluding tert-OH is 1. The first kappa shape index (κ1) is 63.1. The van der Waals surface area contributed by atoms with Gasteiger partial charge in [0.2, 0.25) is 0 Å². The minimum atomic E-state index is -4.91. The molecule has 0 radical (unpaired) electrons. The summed E-state index contributed by atoms with van der Waals surface area (Å²) in [6, 6.07) is 0. The van der Waals surface area contributed by atoms with Crippen LogP contribution in [0.15, 0.2) is 0 Å². The Morgan fingerprint density at radius 2 is 0.615 bits per heavy atom. The summed E-state index contributed by atoms with van der Waals surface area (Å²) in [5.41, 5.74) is 0. The maximum Gasteiger partial charge on any atom is 0.472 e. The number of ether oxygens (including phenoxy) is 4. The summed E-state index contributed by atoms with van der Waals surface area (Å²) >= 11 is 0. The van der Waals surface area contributed by atoms with Gasteiger partial charge in [0.25, 0.3) is 0 Å². The van der Waals surface area contributed by atoms with Gasteiger partial charge in [-0.25, -0.2) is 9.13 Å². The Morgan fingerprint density at radius 1 is 0.369 bits per heavy atom. The highest BCUT2D eigenvalue weighted by Crippen LogP contribution is 2.45. The van der Waals surface area contributed by atoms with Crippen LogP contribution in [0.3, 0.4) is 0 Å². The molecule has 0 fully saturated rings. The zero-order chi connectivity index (χ0) is 48.4. The SMILES string of the molecule is CCCCCCCCCCCCCCCC(=O)O[C@H](COC(=O)CCCCCCC)COP(=O)(O)OC[C@@H](O)COP(=O)(O)OC[C@@H](COC(=O)CCCCCC)OC(=O)CCCCC. The van der Waals surface area contributed by atoms with E-state index in [1.165, 1.54) is 51.4 Å². The van der Waals surface area contributed by atoms with Crippen molar-refractivity contribution in [1.82, 2.24) is 0 Å². The van der Waals surface area contributed by atoms with Crippen molar-refractivity contribution in [2.45, 2.75) is 232 Å². The zero-order valence-electron chi connectivity index (χ0n) is 40.4. The summed E-state index contributed by atoms with van der Waals surface area (Å²) in [4.78, 5) is 70.2. The van der Waals surface area contributed by atoms with Gasteiger partial charge in [-0.1, -0.05) is 163 Å². The molecular formula is C46H88O17P2. The molecule has 0 heterocycles. The van der Waals surface area contributed by atoms with Crippen molar-refractivity contribution in [1.29, 1.82) is 0 Å². The van der Waals surface area contributed by atoms with E-state index in [1.54, 1.807) is 0 Å². The molecule has 0 aromatic rings. The van der Waals surface area contributed by atoms with Crippen LogP contribution in [0.2, 0.25) is 0 Å². The number of aliphatic hydroxyl groups is 1. The molecule has 5 atom stereocenters. The normalized spacial score (nSPS) is 14.8. The first-order valence-electron chi connectivity index (χ1n) is 24.8. The Morgan fingerprint density at radius 3 is 0.954 bits per heavy atom. The third-order valence-electron chi connectivity index (χ3n) is 10.4. The van der Waals surface area contributed by atoms with Gasteiger partial charge in [0.15, 0.2) is 12.2 Å². The standard InChI is InChI=1S/C46H88O17P2/c1-5-9-13-16-17-18-19-20-21-22-23-25-29-33-46(51)63-42(37-57-44(49)31-28-24-14-10-6-2)39-61-65(54,55)59-35-40(47)34-58-64(52,53)60-38-41(62-45(50)32-26-12-8-4)36-56-43(48)30-27-15-11-7-3/h40-42,47H,5-39H2,1-4H3,(H,52,53)(H,54,55)/t40-,41+,42+/m0/s1. The van der Waals surface area contributed by atoms with E-state index in [1.807, 2.05) is 13.8 Å². The van der Waals surface area contributed by atoms with Crippen molar-refractivity contribution in [3.8, 4) is 0 Å². The number of carbonyl (C=O) groups is 4. The lowest BCUT2D eigenvalue weighted by molar-refractivity contribution is -0.161. The molecule has 0 saturated heterocycles. The van der Waals surface area contributed by atoms with Crippen LogP contribution in [0.5, 0.6) is 0 Å². The summed E-state index contributed by atoms with van der Waals surface area (Å²) in [6.07, 6.45) is 21.5. The molecule has 0 bridgehead atoms. The number of hydrogen-bond donors (Lipinski definition) is 3. The second kappa shape index (κ2) is 42.2. The summed E-state index contributed by atoms with van der Waals surface area (Å²) in [6.45, 7) is 4.34. The summed E-state index contributed by atoms with van der Waals surface area (Å²) < 4.78 is 66.3. The van der Waals surface area contributed by atoms with Gasteiger partial charge in [0, 0.05) is 25.7 Å². The molecule has 384 valence electrons. The highest BCUT2D eigenvalue weighted by Gasteiger charge is 2.30. The molecule has 17 nitrogen and oxygen atoms in total. The molecule has 19 heteroatoms. The van der Waals surface area contributed by atoms with Crippen molar-refractivity contribution in [3.63, 3.8) is 0 Å². The van der Waals surface area contributed by atoms with E-state index in [0.717, 1.165) is 83.5 Å². The van der Waals surface area contributed by atoms with E-state index < -0.39 is 97.5 Å². The van der Waals surface area contributed by atoms with E-state index in [9.17, 15) is 43.2 Å². The van der Waals surface area contributed by atoms with E-state index in [2.05, 4.69) is 13.8 Å². The minimum Gasteiger partial charge on any atom is -0.462 e. The summed E-state index contributed by atoms with van der Waals surface area (Å²) in [5, 5.41) is 10.3. The lowest BCUT2D eigenvalue weighted by Gasteiger charge is -2.21. The average Bonchev–Trinajstić information content (AvgIpc) is 3.27. The molecule has 65 heavy (non-hydrogen) atoms. The summed E-state index contributed by atoms with van der Waals surface area (Å²) in [5.74, 6) is -2.21. The molecule has 2 unspecified atom stereocenters. The topological polar surface area (TPSA) is 237 Å². The van der Waals surface area contributed by atoms with Gasteiger partial charge in [-0.05, 0) is 25.7 Å². The van der Waals surface area contributed by atoms with Crippen LogP contribution in [0, 0.1) is 0 Å². The van der Waals surface area contributed by atoms with Crippen LogP contribution in [0.1, 0.15) is 214 Å². The second-order valence-corrected chi connectivity index (χ2v) is 19.7. The Bertz CT molecular complexity index is 1300. The van der Waals surface area contributed by atoms with Gasteiger partial charge >= 0.3 is 39.5 Å². The fourth-order valence-electron chi connectivity index (χ4n) is 6.45.